The predicted molar refractivity (Wildman–Crippen MR) is 85.6 cm³/mol. The van der Waals surface area contributed by atoms with E-state index in [0.717, 1.165) is 19.4 Å². The van der Waals surface area contributed by atoms with Crippen molar-refractivity contribution in [1.82, 2.24) is 20.2 Å². The summed E-state index contributed by atoms with van der Waals surface area (Å²) in [6.07, 6.45) is 1.91. The lowest BCUT2D eigenvalue weighted by atomic mass is 10.2. The van der Waals surface area contributed by atoms with E-state index in [4.69, 9.17) is 0 Å². The Morgan fingerprint density at radius 3 is 2.71 bits per heavy atom. The van der Waals surface area contributed by atoms with Gasteiger partial charge in [-0.05, 0) is 47.3 Å². The standard InChI is InChI=1S/C15H27N5O/c1-6-11(2)17-14-10-13(18-12(3)19-14)15(21)16-8-7-9-20(4)5/h10-11H,6-9H2,1-5H3,(H,16,21)(H,17,18,19). The third-order valence-electron chi connectivity index (χ3n) is 3.14. The minimum atomic E-state index is -0.147. The topological polar surface area (TPSA) is 70.2 Å². The number of carbonyl (C=O) groups is 1. The van der Waals surface area contributed by atoms with Gasteiger partial charge in [0, 0.05) is 18.7 Å². The quantitative estimate of drug-likeness (QED) is 0.714. The highest BCUT2D eigenvalue weighted by Crippen LogP contribution is 2.09. The number of hydrogen-bond donors (Lipinski definition) is 2. The van der Waals surface area contributed by atoms with E-state index in [1.807, 2.05) is 14.1 Å². The highest BCUT2D eigenvalue weighted by Gasteiger charge is 2.11. The average Bonchev–Trinajstić information content (AvgIpc) is 2.42. The van der Waals surface area contributed by atoms with Gasteiger partial charge in [-0.3, -0.25) is 4.79 Å². The van der Waals surface area contributed by atoms with Crippen LogP contribution in [0.4, 0.5) is 5.82 Å². The minimum Gasteiger partial charge on any atom is -0.368 e. The normalized spacial score (nSPS) is 12.3. The molecule has 1 aromatic rings. The molecule has 1 heterocycles. The molecule has 118 valence electrons. The van der Waals surface area contributed by atoms with E-state index in [0.29, 0.717) is 29.9 Å². The second-order valence-corrected chi connectivity index (χ2v) is 5.55. The van der Waals surface area contributed by atoms with Gasteiger partial charge in [0.05, 0.1) is 0 Å². The molecule has 21 heavy (non-hydrogen) atoms. The van der Waals surface area contributed by atoms with E-state index in [9.17, 15) is 4.79 Å². The smallest absolute Gasteiger partial charge is 0.270 e. The van der Waals surface area contributed by atoms with Crippen LogP contribution < -0.4 is 10.6 Å². The highest BCUT2D eigenvalue weighted by atomic mass is 16.1. The van der Waals surface area contributed by atoms with Crippen molar-refractivity contribution in [2.45, 2.75) is 39.7 Å². The number of anilines is 1. The van der Waals surface area contributed by atoms with Crippen LogP contribution in [0.5, 0.6) is 0 Å². The summed E-state index contributed by atoms with van der Waals surface area (Å²) in [5.74, 6) is 1.16. The number of amides is 1. The first kappa shape index (κ1) is 17.4. The van der Waals surface area contributed by atoms with Gasteiger partial charge in [0.2, 0.25) is 0 Å². The molecule has 0 saturated carbocycles. The molecule has 1 atom stereocenters. The molecule has 0 saturated heterocycles. The van der Waals surface area contributed by atoms with E-state index < -0.39 is 0 Å². The van der Waals surface area contributed by atoms with Gasteiger partial charge >= 0.3 is 0 Å². The molecule has 6 heteroatoms. The molecule has 0 spiro atoms. The lowest BCUT2D eigenvalue weighted by molar-refractivity contribution is 0.0947. The van der Waals surface area contributed by atoms with Crippen LogP contribution in [0.2, 0.25) is 0 Å². The minimum absolute atomic E-state index is 0.147. The largest absolute Gasteiger partial charge is 0.368 e. The summed E-state index contributed by atoms with van der Waals surface area (Å²) in [4.78, 5) is 22.7. The molecule has 0 aliphatic heterocycles. The molecule has 0 radical (unpaired) electrons. The molecule has 0 bridgehead atoms. The number of nitrogens with one attached hydrogen (secondary N) is 2. The molecule has 6 nitrogen and oxygen atoms in total. The van der Waals surface area contributed by atoms with Gasteiger partial charge in [-0.15, -0.1) is 0 Å². The lowest BCUT2D eigenvalue weighted by Crippen LogP contribution is -2.28. The number of rotatable bonds is 8. The molecule has 0 aromatic carbocycles. The van der Waals surface area contributed by atoms with Gasteiger partial charge in [-0.2, -0.15) is 0 Å². The first-order chi connectivity index (χ1) is 9.92. The van der Waals surface area contributed by atoms with Crippen molar-refractivity contribution in [3.8, 4) is 0 Å². The maximum Gasteiger partial charge on any atom is 0.270 e. The summed E-state index contributed by atoms with van der Waals surface area (Å²) in [7, 11) is 4.03. The highest BCUT2D eigenvalue weighted by molar-refractivity contribution is 5.92. The summed E-state index contributed by atoms with van der Waals surface area (Å²) in [6.45, 7) is 7.57. The van der Waals surface area contributed by atoms with E-state index in [2.05, 4.69) is 39.3 Å². The molecular formula is C15H27N5O. The van der Waals surface area contributed by atoms with Crippen molar-refractivity contribution in [3.63, 3.8) is 0 Å². The molecule has 1 unspecified atom stereocenters. The third-order valence-corrected chi connectivity index (χ3v) is 3.14. The fourth-order valence-electron chi connectivity index (χ4n) is 1.80. The van der Waals surface area contributed by atoms with Crippen LogP contribution in [0, 0.1) is 6.92 Å². The van der Waals surface area contributed by atoms with Crippen molar-refractivity contribution in [2.24, 2.45) is 0 Å². The predicted octanol–water partition coefficient (Wildman–Crippen LogP) is 1.68. The molecule has 0 fully saturated rings. The number of aromatic nitrogens is 2. The Hall–Kier alpha value is -1.69. The van der Waals surface area contributed by atoms with E-state index in [1.165, 1.54) is 0 Å². The fourth-order valence-corrected chi connectivity index (χ4v) is 1.80. The Kier molecular flexibility index (Phi) is 7.08. The van der Waals surface area contributed by atoms with Crippen molar-refractivity contribution in [3.05, 3.63) is 17.6 Å². The van der Waals surface area contributed by atoms with Crippen LogP contribution >= 0.6 is 0 Å². The lowest BCUT2D eigenvalue weighted by Gasteiger charge is -2.13. The van der Waals surface area contributed by atoms with Crippen LogP contribution in [0.25, 0.3) is 0 Å². The van der Waals surface area contributed by atoms with E-state index in [1.54, 1.807) is 13.0 Å². The van der Waals surface area contributed by atoms with Crippen molar-refractivity contribution < 1.29 is 4.79 Å². The number of carbonyl (C=O) groups excluding carboxylic acids is 1. The summed E-state index contributed by atoms with van der Waals surface area (Å²) < 4.78 is 0. The van der Waals surface area contributed by atoms with Crippen LogP contribution in [-0.4, -0.2) is 54.0 Å². The van der Waals surface area contributed by atoms with Crippen molar-refractivity contribution >= 4 is 11.7 Å². The monoisotopic (exact) mass is 293 g/mol. The molecule has 0 aliphatic rings. The van der Waals surface area contributed by atoms with Gasteiger partial charge in [-0.1, -0.05) is 6.92 Å². The molecular weight excluding hydrogens is 266 g/mol. The number of nitrogens with zero attached hydrogens (tertiary/aromatic N) is 3. The second kappa shape index (κ2) is 8.56. The maximum absolute atomic E-state index is 12.1. The Balaban J connectivity index is 2.62. The van der Waals surface area contributed by atoms with Crippen LogP contribution in [0.15, 0.2) is 6.07 Å². The number of hydrogen-bond acceptors (Lipinski definition) is 5. The molecule has 0 aliphatic carbocycles. The van der Waals surface area contributed by atoms with Gasteiger partial charge in [0.15, 0.2) is 0 Å². The summed E-state index contributed by atoms with van der Waals surface area (Å²) >= 11 is 0. The Bertz CT molecular complexity index is 461. The fraction of sp³-hybridized carbons (Fsp3) is 0.667. The van der Waals surface area contributed by atoms with Gasteiger partial charge in [0.1, 0.15) is 17.3 Å². The zero-order valence-electron chi connectivity index (χ0n) is 13.7. The van der Waals surface area contributed by atoms with Crippen LogP contribution in [-0.2, 0) is 0 Å². The first-order valence-corrected chi connectivity index (χ1v) is 7.47. The Morgan fingerprint density at radius 2 is 2.10 bits per heavy atom. The van der Waals surface area contributed by atoms with Crippen LogP contribution in [0.1, 0.15) is 43.0 Å². The zero-order chi connectivity index (χ0) is 15.8. The molecule has 1 aromatic heterocycles. The van der Waals surface area contributed by atoms with Crippen LogP contribution in [0.3, 0.4) is 0 Å². The van der Waals surface area contributed by atoms with Gasteiger partial charge in [-0.25, -0.2) is 9.97 Å². The zero-order valence-corrected chi connectivity index (χ0v) is 13.7. The van der Waals surface area contributed by atoms with Crippen molar-refractivity contribution in [1.29, 1.82) is 0 Å². The summed E-state index contributed by atoms with van der Waals surface area (Å²) in [6, 6.07) is 2.02. The van der Waals surface area contributed by atoms with E-state index in [-0.39, 0.29) is 5.91 Å². The maximum atomic E-state index is 12.1. The molecule has 1 amide bonds. The Labute approximate surface area is 127 Å². The molecule has 2 N–H and O–H groups in total. The SMILES string of the molecule is CCC(C)Nc1cc(C(=O)NCCCN(C)C)nc(C)n1. The summed E-state index contributed by atoms with van der Waals surface area (Å²) in [5.41, 5.74) is 0.415. The molecule has 1 rings (SSSR count). The second-order valence-electron chi connectivity index (χ2n) is 5.55. The first-order valence-electron chi connectivity index (χ1n) is 7.47. The number of aryl methyl sites for hydroxylation is 1. The third kappa shape index (κ3) is 6.53. The Morgan fingerprint density at radius 1 is 1.38 bits per heavy atom. The van der Waals surface area contributed by atoms with Crippen molar-refractivity contribution in [2.75, 3.05) is 32.5 Å². The van der Waals surface area contributed by atoms with E-state index >= 15 is 0 Å². The van der Waals surface area contributed by atoms with Gasteiger partial charge < -0.3 is 15.5 Å². The average molecular weight is 293 g/mol. The van der Waals surface area contributed by atoms with Gasteiger partial charge in [0.25, 0.3) is 5.91 Å². The summed E-state index contributed by atoms with van der Waals surface area (Å²) in [5, 5.41) is 6.16.